The fourth-order valence-electron chi connectivity index (χ4n) is 2.32. The number of hydrogen-bond donors (Lipinski definition) is 1. The summed E-state index contributed by atoms with van der Waals surface area (Å²) >= 11 is 0. The molecule has 2 heterocycles. The number of nitrogens with zero attached hydrogens (tertiary/aromatic N) is 2. The van der Waals surface area contributed by atoms with Gasteiger partial charge in [0, 0.05) is 25.2 Å². The quantitative estimate of drug-likeness (QED) is 0.843. The summed E-state index contributed by atoms with van der Waals surface area (Å²) < 4.78 is 11.4. The van der Waals surface area contributed by atoms with E-state index < -0.39 is 0 Å². The standard InChI is InChI=1S/C16H27N3O2/c1-16(2,3)21-9-8-20-15-10-14(11-18-12-15)19-6-4-13(17)5-7-19/h10-13H,4-9,17H2,1-3H3. The largest absolute Gasteiger partial charge is 0.489 e. The van der Waals surface area contributed by atoms with Crippen LogP contribution in [0, 0.1) is 0 Å². The van der Waals surface area contributed by atoms with E-state index in [2.05, 4.69) is 9.88 Å². The van der Waals surface area contributed by atoms with Crippen molar-refractivity contribution in [1.82, 2.24) is 4.98 Å². The van der Waals surface area contributed by atoms with E-state index in [1.54, 1.807) is 6.20 Å². The summed E-state index contributed by atoms with van der Waals surface area (Å²) in [5.41, 5.74) is 6.92. The molecule has 0 aromatic carbocycles. The van der Waals surface area contributed by atoms with Crippen LogP contribution in [0.2, 0.25) is 0 Å². The van der Waals surface area contributed by atoms with Gasteiger partial charge >= 0.3 is 0 Å². The van der Waals surface area contributed by atoms with E-state index in [-0.39, 0.29) is 5.60 Å². The van der Waals surface area contributed by atoms with Crippen molar-refractivity contribution in [2.24, 2.45) is 5.73 Å². The van der Waals surface area contributed by atoms with Crippen molar-refractivity contribution in [3.8, 4) is 5.75 Å². The minimum atomic E-state index is -0.129. The highest BCUT2D eigenvalue weighted by Crippen LogP contribution is 2.22. The molecule has 0 unspecified atom stereocenters. The maximum atomic E-state index is 5.94. The van der Waals surface area contributed by atoms with Crippen molar-refractivity contribution in [1.29, 1.82) is 0 Å². The summed E-state index contributed by atoms with van der Waals surface area (Å²) in [4.78, 5) is 6.58. The molecule has 5 nitrogen and oxygen atoms in total. The molecule has 0 amide bonds. The molecule has 0 saturated carbocycles. The number of ether oxygens (including phenoxy) is 2. The number of nitrogens with two attached hydrogens (primary N) is 1. The number of hydrogen-bond acceptors (Lipinski definition) is 5. The third-order valence-electron chi connectivity index (χ3n) is 3.49. The lowest BCUT2D eigenvalue weighted by Crippen LogP contribution is -2.39. The fourth-order valence-corrected chi connectivity index (χ4v) is 2.32. The van der Waals surface area contributed by atoms with Crippen LogP contribution in [-0.2, 0) is 4.74 Å². The monoisotopic (exact) mass is 293 g/mol. The first-order valence-corrected chi connectivity index (χ1v) is 7.66. The Morgan fingerprint density at radius 1 is 1.24 bits per heavy atom. The minimum Gasteiger partial charge on any atom is -0.489 e. The van der Waals surface area contributed by atoms with Gasteiger partial charge in [-0.05, 0) is 33.6 Å². The third kappa shape index (κ3) is 5.52. The number of aromatic nitrogens is 1. The second-order valence-electron chi connectivity index (χ2n) is 6.51. The maximum Gasteiger partial charge on any atom is 0.139 e. The van der Waals surface area contributed by atoms with Crippen LogP contribution >= 0.6 is 0 Å². The average molecular weight is 293 g/mol. The van der Waals surface area contributed by atoms with Crippen LogP contribution in [0.15, 0.2) is 18.5 Å². The summed E-state index contributed by atoms with van der Waals surface area (Å²) in [5, 5.41) is 0. The maximum absolute atomic E-state index is 5.94. The first-order valence-electron chi connectivity index (χ1n) is 7.66. The second-order valence-corrected chi connectivity index (χ2v) is 6.51. The lowest BCUT2D eigenvalue weighted by atomic mass is 10.1. The van der Waals surface area contributed by atoms with Crippen molar-refractivity contribution in [2.45, 2.75) is 45.3 Å². The summed E-state index contributed by atoms with van der Waals surface area (Å²) in [6, 6.07) is 2.38. The van der Waals surface area contributed by atoms with Crippen LogP contribution < -0.4 is 15.4 Å². The number of anilines is 1. The van der Waals surface area contributed by atoms with Gasteiger partial charge in [-0.25, -0.2) is 0 Å². The third-order valence-corrected chi connectivity index (χ3v) is 3.49. The van der Waals surface area contributed by atoms with E-state index in [4.69, 9.17) is 15.2 Å². The van der Waals surface area contributed by atoms with Crippen LogP contribution in [0.4, 0.5) is 5.69 Å². The molecule has 0 spiro atoms. The van der Waals surface area contributed by atoms with Gasteiger partial charge in [0.05, 0.1) is 30.3 Å². The van der Waals surface area contributed by atoms with Crippen molar-refractivity contribution in [3.63, 3.8) is 0 Å². The second kappa shape index (κ2) is 7.09. The summed E-state index contributed by atoms with van der Waals surface area (Å²) in [6.45, 7) is 9.20. The van der Waals surface area contributed by atoms with Gasteiger partial charge in [-0.2, -0.15) is 0 Å². The zero-order valence-corrected chi connectivity index (χ0v) is 13.3. The zero-order valence-electron chi connectivity index (χ0n) is 13.3. The summed E-state index contributed by atoms with van der Waals surface area (Å²) in [7, 11) is 0. The van der Waals surface area contributed by atoms with E-state index in [0.717, 1.165) is 37.4 Å². The molecule has 1 saturated heterocycles. The van der Waals surface area contributed by atoms with E-state index >= 15 is 0 Å². The molecule has 0 aliphatic carbocycles. The first-order chi connectivity index (χ1) is 9.94. The molecule has 1 aromatic rings. The highest BCUT2D eigenvalue weighted by Gasteiger charge is 2.17. The van der Waals surface area contributed by atoms with Crippen LogP contribution in [0.5, 0.6) is 5.75 Å². The van der Waals surface area contributed by atoms with Crippen LogP contribution in [-0.4, -0.2) is 42.9 Å². The predicted octanol–water partition coefficient (Wildman–Crippen LogP) is 2.20. The molecule has 1 fully saturated rings. The van der Waals surface area contributed by atoms with Gasteiger partial charge in [0.1, 0.15) is 12.4 Å². The van der Waals surface area contributed by atoms with Gasteiger partial charge in [0.15, 0.2) is 0 Å². The molecule has 1 aliphatic heterocycles. The van der Waals surface area contributed by atoms with Gasteiger partial charge in [-0.1, -0.05) is 0 Å². The summed E-state index contributed by atoms with van der Waals surface area (Å²) in [5.74, 6) is 0.792. The van der Waals surface area contributed by atoms with Crippen LogP contribution in [0.1, 0.15) is 33.6 Å². The topological polar surface area (TPSA) is 60.6 Å². The number of pyridine rings is 1. The number of piperidine rings is 1. The molecule has 2 N–H and O–H groups in total. The Balaban J connectivity index is 1.83. The minimum absolute atomic E-state index is 0.129. The lowest BCUT2D eigenvalue weighted by Gasteiger charge is -2.31. The highest BCUT2D eigenvalue weighted by atomic mass is 16.5. The molecule has 21 heavy (non-hydrogen) atoms. The Hall–Kier alpha value is -1.33. The van der Waals surface area contributed by atoms with Crippen molar-refractivity contribution in [3.05, 3.63) is 18.5 Å². The molecule has 118 valence electrons. The first kappa shape index (κ1) is 16.0. The molecule has 0 bridgehead atoms. The van der Waals surface area contributed by atoms with Crippen molar-refractivity contribution >= 4 is 5.69 Å². The molecule has 1 aliphatic rings. The molecule has 1 aromatic heterocycles. The molecule has 0 atom stereocenters. The van der Waals surface area contributed by atoms with E-state index in [9.17, 15) is 0 Å². The van der Waals surface area contributed by atoms with Crippen LogP contribution in [0.3, 0.4) is 0 Å². The Labute approximate surface area is 127 Å². The fraction of sp³-hybridized carbons (Fsp3) is 0.688. The Kier molecular flexibility index (Phi) is 5.42. The normalized spacial score (nSPS) is 17.0. The predicted molar refractivity (Wildman–Crippen MR) is 84.9 cm³/mol. The Morgan fingerprint density at radius 3 is 2.62 bits per heavy atom. The lowest BCUT2D eigenvalue weighted by molar-refractivity contribution is -0.0163. The van der Waals surface area contributed by atoms with Gasteiger partial charge in [0.2, 0.25) is 0 Å². The van der Waals surface area contributed by atoms with Crippen molar-refractivity contribution < 1.29 is 9.47 Å². The van der Waals surface area contributed by atoms with E-state index in [1.165, 1.54) is 0 Å². The molecule has 2 rings (SSSR count). The molecule has 0 radical (unpaired) electrons. The Morgan fingerprint density at radius 2 is 1.95 bits per heavy atom. The van der Waals surface area contributed by atoms with Gasteiger partial charge < -0.3 is 20.1 Å². The van der Waals surface area contributed by atoms with Gasteiger partial charge in [0.25, 0.3) is 0 Å². The molecule has 5 heteroatoms. The smallest absolute Gasteiger partial charge is 0.139 e. The zero-order chi connectivity index (χ0) is 15.3. The molecular weight excluding hydrogens is 266 g/mol. The average Bonchev–Trinajstić information content (AvgIpc) is 2.44. The van der Waals surface area contributed by atoms with Crippen LogP contribution in [0.25, 0.3) is 0 Å². The van der Waals surface area contributed by atoms with Gasteiger partial charge in [-0.15, -0.1) is 0 Å². The van der Waals surface area contributed by atoms with E-state index in [1.807, 2.05) is 33.0 Å². The molecular formula is C16H27N3O2. The SMILES string of the molecule is CC(C)(C)OCCOc1cncc(N2CCC(N)CC2)c1. The highest BCUT2D eigenvalue weighted by molar-refractivity contribution is 5.48. The Bertz CT molecular complexity index is 437. The van der Waals surface area contributed by atoms with Crippen molar-refractivity contribution in [2.75, 3.05) is 31.2 Å². The number of rotatable bonds is 5. The summed E-state index contributed by atoms with van der Waals surface area (Å²) in [6.07, 6.45) is 5.70. The van der Waals surface area contributed by atoms with Gasteiger partial charge in [-0.3, -0.25) is 4.98 Å². The van der Waals surface area contributed by atoms with E-state index in [0.29, 0.717) is 19.3 Å².